The quantitative estimate of drug-likeness (QED) is 0.374. The zero-order valence-corrected chi connectivity index (χ0v) is 19.9. The fraction of sp³-hybridized carbons (Fsp3) is 0.286. The molecule has 2 aromatic carbocycles. The van der Waals surface area contributed by atoms with Crippen LogP contribution >= 0.6 is 0 Å². The lowest BCUT2D eigenvalue weighted by Gasteiger charge is -2.28. The second-order valence-corrected chi connectivity index (χ2v) is 9.40. The lowest BCUT2D eigenvalue weighted by atomic mass is 10.0. The number of aromatic nitrogens is 3. The summed E-state index contributed by atoms with van der Waals surface area (Å²) in [5.41, 5.74) is 4.49. The molecule has 2 aromatic heterocycles. The SMILES string of the molecule is O=C(CC1CC1)c1ccc(-c2cc3nc[nH]c(=O)c3c(Nc3ccc(N4CCOCC4)cc3)n2)cc1. The van der Waals surface area contributed by atoms with Crippen molar-refractivity contribution in [1.29, 1.82) is 0 Å². The van der Waals surface area contributed by atoms with Gasteiger partial charge < -0.3 is 19.9 Å². The van der Waals surface area contributed by atoms with Crippen LogP contribution in [0, 0.1) is 5.92 Å². The van der Waals surface area contributed by atoms with Crippen LogP contribution in [0.2, 0.25) is 0 Å². The van der Waals surface area contributed by atoms with Crippen molar-refractivity contribution in [3.63, 3.8) is 0 Å². The normalized spacial score (nSPS) is 15.7. The number of Topliss-reactive ketones (excluding diaryl/α,β-unsaturated/α-hetero) is 1. The van der Waals surface area contributed by atoms with Crippen LogP contribution in [0.3, 0.4) is 0 Å². The van der Waals surface area contributed by atoms with E-state index in [1.54, 1.807) is 6.07 Å². The van der Waals surface area contributed by atoms with Crippen molar-refractivity contribution in [2.75, 3.05) is 36.5 Å². The van der Waals surface area contributed by atoms with E-state index < -0.39 is 0 Å². The van der Waals surface area contributed by atoms with Crippen LogP contribution in [-0.2, 0) is 4.74 Å². The van der Waals surface area contributed by atoms with Gasteiger partial charge in [-0.15, -0.1) is 0 Å². The molecular formula is C28H27N5O3. The molecule has 1 saturated heterocycles. The highest BCUT2D eigenvalue weighted by molar-refractivity contribution is 5.97. The number of ketones is 1. The van der Waals surface area contributed by atoms with Crippen LogP contribution in [0.25, 0.3) is 22.2 Å². The van der Waals surface area contributed by atoms with Gasteiger partial charge in [-0.3, -0.25) is 9.59 Å². The van der Waals surface area contributed by atoms with E-state index in [9.17, 15) is 9.59 Å². The Morgan fingerprint density at radius 3 is 2.53 bits per heavy atom. The number of hydrogen-bond donors (Lipinski definition) is 2. The Bertz CT molecular complexity index is 1450. The summed E-state index contributed by atoms with van der Waals surface area (Å²) in [4.78, 5) is 39.2. The van der Waals surface area contributed by atoms with Crippen molar-refractivity contribution < 1.29 is 9.53 Å². The number of aromatic amines is 1. The lowest BCUT2D eigenvalue weighted by molar-refractivity contribution is 0.0976. The van der Waals surface area contributed by atoms with Crippen LogP contribution in [0.15, 0.2) is 65.7 Å². The number of anilines is 3. The monoisotopic (exact) mass is 481 g/mol. The Labute approximate surface area is 208 Å². The molecule has 2 aliphatic rings. The predicted octanol–water partition coefficient (Wildman–Crippen LogP) is 4.55. The van der Waals surface area contributed by atoms with Gasteiger partial charge in [0.1, 0.15) is 11.2 Å². The Hall–Kier alpha value is -4.04. The van der Waals surface area contributed by atoms with Crippen molar-refractivity contribution in [2.45, 2.75) is 19.3 Å². The van der Waals surface area contributed by atoms with Crippen molar-refractivity contribution >= 4 is 33.9 Å². The van der Waals surface area contributed by atoms with Gasteiger partial charge >= 0.3 is 0 Å². The molecule has 0 radical (unpaired) electrons. The number of carbonyl (C=O) groups is 1. The summed E-state index contributed by atoms with van der Waals surface area (Å²) < 4.78 is 5.44. The van der Waals surface area contributed by atoms with Gasteiger partial charge in [0.15, 0.2) is 5.78 Å². The smallest absolute Gasteiger partial charge is 0.262 e. The number of benzene rings is 2. The highest BCUT2D eigenvalue weighted by Gasteiger charge is 2.25. The van der Waals surface area contributed by atoms with Gasteiger partial charge in [0.25, 0.3) is 5.56 Å². The molecule has 0 bridgehead atoms. The summed E-state index contributed by atoms with van der Waals surface area (Å²) in [7, 11) is 0. The Balaban J connectivity index is 1.30. The molecule has 0 atom stereocenters. The average Bonchev–Trinajstić information content (AvgIpc) is 3.74. The molecule has 1 aliphatic carbocycles. The number of pyridine rings is 1. The van der Waals surface area contributed by atoms with Gasteiger partial charge in [0, 0.05) is 42.0 Å². The molecule has 0 spiro atoms. The van der Waals surface area contributed by atoms with Crippen LogP contribution < -0.4 is 15.8 Å². The molecule has 2 fully saturated rings. The summed E-state index contributed by atoms with van der Waals surface area (Å²) in [6, 6.07) is 17.4. The molecule has 4 aromatic rings. The zero-order valence-electron chi connectivity index (χ0n) is 19.9. The zero-order chi connectivity index (χ0) is 24.5. The number of fused-ring (bicyclic) bond motifs is 1. The molecule has 0 unspecified atom stereocenters. The third-order valence-corrected chi connectivity index (χ3v) is 6.80. The molecule has 36 heavy (non-hydrogen) atoms. The second kappa shape index (κ2) is 9.54. The van der Waals surface area contributed by atoms with E-state index in [1.165, 1.54) is 6.33 Å². The number of morpholine rings is 1. The van der Waals surface area contributed by atoms with Crippen LogP contribution in [0.4, 0.5) is 17.2 Å². The first-order valence-corrected chi connectivity index (χ1v) is 12.4. The first-order valence-electron chi connectivity index (χ1n) is 12.4. The Morgan fingerprint density at radius 2 is 1.81 bits per heavy atom. The van der Waals surface area contributed by atoms with Crippen LogP contribution in [-0.4, -0.2) is 47.0 Å². The summed E-state index contributed by atoms with van der Waals surface area (Å²) in [6.45, 7) is 3.20. The number of ether oxygens (including phenoxy) is 1. The molecule has 6 rings (SSSR count). The van der Waals surface area contributed by atoms with Crippen LogP contribution in [0.5, 0.6) is 0 Å². The maximum absolute atomic E-state index is 12.7. The fourth-order valence-electron chi connectivity index (χ4n) is 4.57. The first kappa shape index (κ1) is 22.4. The summed E-state index contributed by atoms with van der Waals surface area (Å²) in [5.74, 6) is 1.18. The molecule has 1 aliphatic heterocycles. The molecule has 2 N–H and O–H groups in total. The van der Waals surface area contributed by atoms with Gasteiger partial charge in [0.2, 0.25) is 0 Å². The summed E-state index contributed by atoms with van der Waals surface area (Å²) in [6.07, 6.45) is 4.33. The van der Waals surface area contributed by atoms with Gasteiger partial charge in [-0.2, -0.15) is 0 Å². The van der Waals surface area contributed by atoms with Crippen molar-refractivity contribution in [2.24, 2.45) is 5.92 Å². The molecular weight excluding hydrogens is 454 g/mol. The minimum Gasteiger partial charge on any atom is -0.378 e. The maximum atomic E-state index is 12.7. The van der Waals surface area contributed by atoms with E-state index >= 15 is 0 Å². The standard InChI is InChI=1S/C28H27N5O3/c34-25(15-18-1-2-18)20-5-3-19(4-6-20)23-16-24-26(28(35)30-17-29-24)27(32-23)31-21-7-9-22(10-8-21)33-11-13-36-14-12-33/h3-10,16-18H,1-2,11-15H2,(H,31,32)(H,29,30,35). The van der Waals surface area contributed by atoms with Crippen molar-refractivity contribution in [1.82, 2.24) is 15.0 Å². The highest BCUT2D eigenvalue weighted by atomic mass is 16.5. The van der Waals surface area contributed by atoms with E-state index in [-0.39, 0.29) is 11.3 Å². The van der Waals surface area contributed by atoms with E-state index in [1.807, 2.05) is 36.4 Å². The number of nitrogens with one attached hydrogen (secondary N) is 2. The van der Waals surface area contributed by atoms with E-state index in [2.05, 4.69) is 32.3 Å². The molecule has 1 saturated carbocycles. The van der Waals surface area contributed by atoms with E-state index in [0.717, 1.165) is 61.6 Å². The molecule has 8 nitrogen and oxygen atoms in total. The first-order chi connectivity index (χ1) is 17.6. The third-order valence-electron chi connectivity index (χ3n) is 6.80. The minimum atomic E-state index is -0.257. The predicted molar refractivity (Wildman–Crippen MR) is 140 cm³/mol. The number of nitrogens with zero attached hydrogens (tertiary/aromatic N) is 3. The Kier molecular flexibility index (Phi) is 5.95. The highest BCUT2D eigenvalue weighted by Crippen LogP contribution is 2.34. The average molecular weight is 482 g/mol. The molecule has 0 amide bonds. The van der Waals surface area contributed by atoms with Gasteiger partial charge in [-0.25, -0.2) is 9.97 Å². The van der Waals surface area contributed by atoms with Crippen molar-refractivity contribution in [3.05, 3.63) is 76.8 Å². The number of hydrogen-bond acceptors (Lipinski definition) is 7. The third kappa shape index (κ3) is 4.72. The number of rotatable bonds is 7. The fourth-order valence-corrected chi connectivity index (χ4v) is 4.57. The lowest BCUT2D eigenvalue weighted by Crippen LogP contribution is -2.36. The molecule has 182 valence electrons. The maximum Gasteiger partial charge on any atom is 0.262 e. The second-order valence-electron chi connectivity index (χ2n) is 9.40. The topological polar surface area (TPSA) is 100 Å². The largest absolute Gasteiger partial charge is 0.378 e. The molecule has 3 heterocycles. The number of carbonyl (C=O) groups excluding carboxylic acids is 1. The van der Waals surface area contributed by atoms with Gasteiger partial charge in [-0.05, 0) is 49.1 Å². The summed E-state index contributed by atoms with van der Waals surface area (Å²) >= 11 is 0. The van der Waals surface area contributed by atoms with Crippen molar-refractivity contribution in [3.8, 4) is 11.3 Å². The van der Waals surface area contributed by atoms with Crippen LogP contribution in [0.1, 0.15) is 29.6 Å². The van der Waals surface area contributed by atoms with E-state index in [4.69, 9.17) is 9.72 Å². The minimum absolute atomic E-state index is 0.187. The summed E-state index contributed by atoms with van der Waals surface area (Å²) in [5, 5.41) is 3.72. The number of H-pyrrole nitrogens is 1. The molecule has 8 heteroatoms. The Morgan fingerprint density at radius 1 is 1.06 bits per heavy atom. The van der Waals surface area contributed by atoms with Gasteiger partial charge in [0.05, 0.1) is 30.8 Å². The van der Waals surface area contributed by atoms with E-state index in [0.29, 0.717) is 34.8 Å². The van der Waals surface area contributed by atoms with Gasteiger partial charge in [-0.1, -0.05) is 24.3 Å².